The summed E-state index contributed by atoms with van der Waals surface area (Å²) in [7, 11) is 1.95. The van der Waals surface area contributed by atoms with E-state index in [2.05, 4.69) is 106 Å². The van der Waals surface area contributed by atoms with E-state index in [0.717, 1.165) is 57.3 Å². The highest BCUT2D eigenvalue weighted by atomic mass is 32.1. The van der Waals surface area contributed by atoms with Crippen LogP contribution in [0.4, 0.5) is 0 Å². The Morgan fingerprint density at radius 3 is 1.66 bits per heavy atom. The normalized spacial score (nSPS) is 13.3. The van der Waals surface area contributed by atoms with Crippen molar-refractivity contribution >= 4 is 22.7 Å². The zero-order valence-electron chi connectivity index (χ0n) is 29.5. The minimum atomic E-state index is 0.480. The summed E-state index contributed by atoms with van der Waals surface area (Å²) in [6.45, 7) is 6.10. The van der Waals surface area contributed by atoms with Gasteiger partial charge < -0.3 is 9.47 Å². The monoisotopic (exact) mass is 740 g/mol. The third kappa shape index (κ3) is 6.33. The van der Waals surface area contributed by atoms with Crippen LogP contribution in [0.2, 0.25) is 0 Å². The Labute approximate surface area is 313 Å². The molecule has 0 unspecified atom stereocenters. The molecule has 0 amide bonds. The lowest BCUT2D eigenvalue weighted by Crippen LogP contribution is -2.00. The van der Waals surface area contributed by atoms with Gasteiger partial charge in [-0.25, -0.2) is 0 Å². The van der Waals surface area contributed by atoms with Crippen molar-refractivity contribution in [2.24, 2.45) is 7.05 Å². The molecule has 14 heteroatoms. The molecule has 0 atom stereocenters. The Balaban J connectivity index is 0.000000141. The number of thiophene rings is 2. The molecule has 2 aliphatic rings. The maximum atomic E-state index is 5.96. The Kier molecular flexibility index (Phi) is 8.87. The largest absolute Gasteiger partial charge is 0.369 e. The number of H-pyrrole nitrogens is 1. The number of nitrogens with zero attached hydrogens (tertiary/aromatic N) is 9. The van der Waals surface area contributed by atoms with Crippen LogP contribution < -0.4 is 0 Å². The number of hydrogen-bond donors (Lipinski definition) is 1. The lowest BCUT2D eigenvalue weighted by Gasteiger charge is -2.08. The summed E-state index contributed by atoms with van der Waals surface area (Å²) in [5, 5.41) is 30.8. The number of fused-ring (bicyclic) bond motifs is 6. The summed E-state index contributed by atoms with van der Waals surface area (Å²) < 4.78 is 18.0. The first-order valence-corrected chi connectivity index (χ1v) is 19.0. The predicted molar refractivity (Wildman–Crippen MR) is 203 cm³/mol. The lowest BCUT2D eigenvalue weighted by atomic mass is 9.99. The molecule has 0 aliphatic carbocycles. The first kappa shape index (κ1) is 33.3. The van der Waals surface area contributed by atoms with Crippen molar-refractivity contribution < 1.29 is 9.47 Å². The van der Waals surface area contributed by atoms with E-state index in [0.29, 0.717) is 26.4 Å². The molecule has 0 saturated heterocycles. The summed E-state index contributed by atoms with van der Waals surface area (Å²) in [4.78, 5) is 2.46. The number of aromatic nitrogens is 10. The summed E-state index contributed by atoms with van der Waals surface area (Å²) in [5.74, 6) is 3.49. The van der Waals surface area contributed by atoms with Crippen LogP contribution in [0.25, 0.3) is 30.9 Å². The van der Waals surface area contributed by atoms with Gasteiger partial charge in [-0.05, 0) is 48.9 Å². The van der Waals surface area contributed by atoms with Crippen molar-refractivity contribution in [2.75, 3.05) is 0 Å². The second kappa shape index (κ2) is 14.1. The number of aryl methyl sites for hydroxylation is 3. The molecule has 0 radical (unpaired) electrons. The van der Waals surface area contributed by atoms with Gasteiger partial charge in [0, 0.05) is 51.4 Å². The zero-order valence-corrected chi connectivity index (χ0v) is 31.1. The Bertz CT molecular complexity index is 2510. The first-order valence-electron chi connectivity index (χ1n) is 17.3. The number of benzene rings is 2. The molecule has 53 heavy (non-hydrogen) atoms. The molecular formula is C39H36N10O2S2. The van der Waals surface area contributed by atoms with Gasteiger partial charge in [-0.2, -0.15) is 10.2 Å². The number of nitrogens with one attached hydrogen (secondary N) is 1. The average molecular weight is 741 g/mol. The molecule has 6 aromatic heterocycles. The van der Waals surface area contributed by atoms with Gasteiger partial charge in [-0.15, -0.1) is 43.1 Å². The maximum Gasteiger partial charge on any atom is 0.164 e. The molecule has 0 saturated carbocycles. The smallest absolute Gasteiger partial charge is 0.164 e. The molecule has 12 nitrogen and oxygen atoms in total. The van der Waals surface area contributed by atoms with Crippen molar-refractivity contribution in [3.63, 3.8) is 0 Å². The van der Waals surface area contributed by atoms with Crippen LogP contribution in [-0.2, 0) is 55.8 Å². The van der Waals surface area contributed by atoms with Crippen LogP contribution in [-0.4, -0.2) is 49.5 Å². The quantitative estimate of drug-likeness (QED) is 0.188. The molecule has 1 N–H and O–H groups in total. The van der Waals surface area contributed by atoms with Crippen LogP contribution in [0.3, 0.4) is 0 Å². The Morgan fingerprint density at radius 1 is 0.660 bits per heavy atom. The van der Waals surface area contributed by atoms with Gasteiger partial charge in [-0.1, -0.05) is 60.7 Å². The molecule has 0 bridgehead atoms. The molecule has 2 aromatic carbocycles. The van der Waals surface area contributed by atoms with E-state index in [1.165, 1.54) is 43.1 Å². The topological polar surface area (TPSA) is 126 Å². The maximum absolute atomic E-state index is 5.96. The number of rotatable bonds is 6. The summed E-state index contributed by atoms with van der Waals surface area (Å²) >= 11 is 3.53. The SMILES string of the molecule is Cc1nnc2n1-c1sc(-c3cn[nH]c3)c(Cc3ccccc3)c1COC2.Cc1nnc2n1-c1sc(-c3cnn(C)c3)c(Cc3ccccc3)c1COC2. The second-order valence-corrected chi connectivity index (χ2v) is 15.1. The van der Waals surface area contributed by atoms with E-state index in [-0.39, 0.29) is 0 Å². The highest BCUT2D eigenvalue weighted by Gasteiger charge is 2.28. The van der Waals surface area contributed by atoms with E-state index in [9.17, 15) is 0 Å². The van der Waals surface area contributed by atoms with Crippen LogP contribution in [0.5, 0.6) is 0 Å². The molecule has 2 aliphatic heterocycles. The van der Waals surface area contributed by atoms with Gasteiger partial charge in [0.25, 0.3) is 0 Å². The summed E-state index contributed by atoms with van der Waals surface area (Å²) in [5.41, 5.74) is 9.83. The van der Waals surface area contributed by atoms with Crippen molar-refractivity contribution in [3.05, 3.63) is 142 Å². The van der Waals surface area contributed by atoms with E-state index in [4.69, 9.17) is 9.47 Å². The van der Waals surface area contributed by atoms with E-state index < -0.39 is 0 Å². The fraction of sp³-hybridized carbons (Fsp3) is 0.231. The minimum Gasteiger partial charge on any atom is -0.369 e. The molecule has 0 spiro atoms. The van der Waals surface area contributed by atoms with Gasteiger partial charge in [0.05, 0.1) is 25.6 Å². The average Bonchev–Trinajstić information content (AvgIpc) is 4.03. The predicted octanol–water partition coefficient (Wildman–Crippen LogP) is 7.31. The second-order valence-electron chi connectivity index (χ2n) is 13.1. The highest BCUT2D eigenvalue weighted by molar-refractivity contribution is 7.18. The third-order valence-electron chi connectivity index (χ3n) is 9.51. The van der Waals surface area contributed by atoms with E-state index in [1.54, 1.807) is 22.7 Å². The van der Waals surface area contributed by atoms with Crippen LogP contribution >= 0.6 is 22.7 Å². The molecule has 266 valence electrons. The number of hydrogen-bond acceptors (Lipinski definition) is 10. The van der Waals surface area contributed by atoms with Crippen LogP contribution in [0.15, 0.2) is 85.5 Å². The van der Waals surface area contributed by atoms with Gasteiger partial charge in [0.15, 0.2) is 11.6 Å². The number of ether oxygens (including phenoxy) is 2. The summed E-state index contributed by atoms with van der Waals surface area (Å²) in [6, 6.07) is 21.1. The minimum absolute atomic E-state index is 0.480. The van der Waals surface area contributed by atoms with Crippen LogP contribution in [0.1, 0.15) is 56.7 Å². The third-order valence-corrected chi connectivity index (χ3v) is 12.1. The fourth-order valence-electron chi connectivity index (χ4n) is 7.00. The van der Waals surface area contributed by atoms with Gasteiger partial charge in [-0.3, -0.25) is 18.9 Å². The highest BCUT2D eigenvalue weighted by Crippen LogP contribution is 2.44. The number of aromatic amines is 1. The molecule has 10 rings (SSSR count). The lowest BCUT2D eigenvalue weighted by molar-refractivity contribution is 0.104. The Hall–Kier alpha value is -5.54. The van der Waals surface area contributed by atoms with Gasteiger partial charge in [0.2, 0.25) is 0 Å². The van der Waals surface area contributed by atoms with Crippen molar-refractivity contribution in [1.82, 2.24) is 49.5 Å². The molecule has 0 fully saturated rings. The van der Waals surface area contributed by atoms with Crippen molar-refractivity contribution in [1.29, 1.82) is 0 Å². The fourth-order valence-corrected chi connectivity index (χ4v) is 9.75. The van der Waals surface area contributed by atoms with E-state index >= 15 is 0 Å². The molecule has 8 heterocycles. The molecular weight excluding hydrogens is 705 g/mol. The van der Waals surface area contributed by atoms with E-state index in [1.807, 2.05) is 50.2 Å². The van der Waals surface area contributed by atoms with Gasteiger partial charge >= 0.3 is 0 Å². The van der Waals surface area contributed by atoms with Crippen LogP contribution in [0, 0.1) is 13.8 Å². The molecule has 8 aromatic rings. The Morgan fingerprint density at radius 2 is 1.19 bits per heavy atom. The summed E-state index contributed by atoms with van der Waals surface area (Å²) in [6.07, 6.45) is 9.53. The first-order chi connectivity index (χ1) is 26.0. The van der Waals surface area contributed by atoms with Crippen molar-refractivity contribution in [2.45, 2.75) is 53.1 Å². The zero-order chi connectivity index (χ0) is 35.9. The van der Waals surface area contributed by atoms with Gasteiger partial charge in [0.1, 0.15) is 34.9 Å². The van der Waals surface area contributed by atoms with Crippen molar-refractivity contribution in [3.8, 4) is 30.9 Å². The standard InChI is InChI=1S/C20H19N5OS.C19H17N5OS/c1-13-22-23-18-12-26-11-17-16(8-14-6-4-3-5-7-14)19(27-20(17)25(13)18)15-9-21-24(2)10-15;1-12-22-23-17-11-25-10-16-15(7-13-5-3-2-4-6-13)18(14-8-20-21-9-14)26-19(16)24(12)17/h3-7,9-10H,8,11-12H2,1-2H3;2-6,8-9H,7,10-11H2,1H3,(H,20,21).